The number of hydrogen-bond donors (Lipinski definition) is 1. The maximum Gasteiger partial charge on any atom is 0.0940 e. The van der Waals surface area contributed by atoms with E-state index in [4.69, 9.17) is 0 Å². The molecule has 0 amide bonds. The monoisotopic (exact) mass is 301 g/mol. The number of rotatable bonds is 1. The second-order valence-corrected chi connectivity index (χ2v) is 8.34. The molecule has 2 aliphatic heterocycles. The van der Waals surface area contributed by atoms with Crippen molar-refractivity contribution < 1.29 is 9.32 Å². The van der Waals surface area contributed by atoms with Crippen LogP contribution >= 0.6 is 0 Å². The lowest BCUT2D eigenvalue weighted by Crippen LogP contribution is -2.47. The number of benzene rings is 1. The summed E-state index contributed by atoms with van der Waals surface area (Å²) in [7, 11) is -0.770. The van der Waals surface area contributed by atoms with Gasteiger partial charge in [0.25, 0.3) is 0 Å². The van der Waals surface area contributed by atoms with E-state index in [1.807, 2.05) is 30.5 Å². The maximum absolute atomic E-state index is 12.4. The standard InChI is InChI=1S/C17H19NO2S/c19-17(8-13-5-3-6-14(9-17)21(13)20)16-11-18-10-12-4-1-2-7-15(12)16/h1-2,4,7,10-11,13-14,19H,3,5-6,8-9H2. The van der Waals surface area contributed by atoms with Crippen molar-refractivity contribution in [3.05, 3.63) is 42.2 Å². The van der Waals surface area contributed by atoms with Gasteiger partial charge in [0.15, 0.2) is 0 Å². The molecule has 2 unspecified atom stereocenters. The van der Waals surface area contributed by atoms with Gasteiger partial charge in [0.05, 0.1) is 5.60 Å². The Hall–Kier alpha value is -1.26. The van der Waals surface area contributed by atoms with Crippen LogP contribution in [0.4, 0.5) is 0 Å². The largest absolute Gasteiger partial charge is 0.385 e. The summed E-state index contributed by atoms with van der Waals surface area (Å²) >= 11 is 0. The molecule has 0 saturated carbocycles. The highest BCUT2D eigenvalue weighted by molar-refractivity contribution is 7.86. The fourth-order valence-electron chi connectivity index (χ4n) is 3.99. The Morgan fingerprint density at radius 1 is 1.14 bits per heavy atom. The third kappa shape index (κ3) is 2.12. The smallest absolute Gasteiger partial charge is 0.0940 e. The quantitative estimate of drug-likeness (QED) is 0.881. The van der Waals surface area contributed by atoms with Gasteiger partial charge in [-0.2, -0.15) is 0 Å². The molecule has 2 fully saturated rings. The molecule has 1 aromatic heterocycles. The lowest BCUT2D eigenvalue weighted by Gasteiger charge is -2.44. The van der Waals surface area contributed by atoms with Crippen molar-refractivity contribution in [2.75, 3.05) is 0 Å². The molecule has 2 bridgehead atoms. The van der Waals surface area contributed by atoms with E-state index in [1.54, 1.807) is 6.20 Å². The molecular formula is C17H19NO2S. The van der Waals surface area contributed by atoms with E-state index < -0.39 is 16.4 Å². The summed E-state index contributed by atoms with van der Waals surface area (Å²) in [6, 6.07) is 8.06. The summed E-state index contributed by atoms with van der Waals surface area (Å²) in [6.07, 6.45) is 7.94. The van der Waals surface area contributed by atoms with E-state index in [1.165, 1.54) is 0 Å². The molecule has 0 spiro atoms. The second kappa shape index (κ2) is 4.89. The molecule has 2 aliphatic rings. The first-order chi connectivity index (χ1) is 10.2. The molecular weight excluding hydrogens is 282 g/mol. The molecule has 110 valence electrons. The van der Waals surface area contributed by atoms with Gasteiger partial charge < -0.3 is 5.11 Å². The zero-order chi connectivity index (χ0) is 14.4. The van der Waals surface area contributed by atoms with Crippen LogP contribution in [0.2, 0.25) is 0 Å². The van der Waals surface area contributed by atoms with Crippen molar-refractivity contribution >= 4 is 21.6 Å². The van der Waals surface area contributed by atoms with Gasteiger partial charge >= 0.3 is 0 Å². The topological polar surface area (TPSA) is 50.2 Å². The highest BCUT2D eigenvalue weighted by atomic mass is 32.2. The van der Waals surface area contributed by atoms with Gasteiger partial charge in [0, 0.05) is 44.6 Å². The van der Waals surface area contributed by atoms with Crippen LogP contribution in [-0.2, 0) is 16.4 Å². The van der Waals surface area contributed by atoms with Gasteiger partial charge in [0.2, 0.25) is 0 Å². The minimum absolute atomic E-state index is 0.140. The number of hydrogen-bond acceptors (Lipinski definition) is 3. The van der Waals surface area contributed by atoms with Crippen molar-refractivity contribution in [3.63, 3.8) is 0 Å². The maximum atomic E-state index is 12.4. The van der Waals surface area contributed by atoms with Crippen LogP contribution in [-0.4, -0.2) is 24.8 Å². The summed E-state index contributed by atoms with van der Waals surface area (Å²) in [6.45, 7) is 0. The summed E-state index contributed by atoms with van der Waals surface area (Å²) in [5, 5.41) is 13.7. The van der Waals surface area contributed by atoms with Crippen molar-refractivity contribution in [1.82, 2.24) is 4.98 Å². The van der Waals surface area contributed by atoms with Crippen LogP contribution in [0.15, 0.2) is 36.7 Å². The Morgan fingerprint density at radius 2 is 1.86 bits per heavy atom. The number of aromatic nitrogens is 1. The Labute approximate surface area is 126 Å². The van der Waals surface area contributed by atoms with Crippen molar-refractivity contribution in [3.8, 4) is 0 Å². The Kier molecular flexibility index (Phi) is 3.12. The lowest BCUT2D eigenvalue weighted by atomic mass is 9.79. The minimum atomic E-state index is -0.877. The highest BCUT2D eigenvalue weighted by Crippen LogP contribution is 2.45. The SMILES string of the molecule is O=S1C2CCCC1CC(O)(c1cncc3ccccc13)C2. The molecule has 0 aliphatic carbocycles. The van der Waals surface area contributed by atoms with Crippen molar-refractivity contribution in [2.24, 2.45) is 0 Å². The van der Waals surface area contributed by atoms with Gasteiger partial charge in [0.1, 0.15) is 0 Å². The van der Waals surface area contributed by atoms with Crippen molar-refractivity contribution in [2.45, 2.75) is 48.2 Å². The van der Waals surface area contributed by atoms with Gasteiger partial charge in [-0.3, -0.25) is 9.19 Å². The Bertz CT molecular complexity index is 694. The first-order valence-corrected chi connectivity index (χ1v) is 8.90. The van der Waals surface area contributed by atoms with Crippen LogP contribution in [0.5, 0.6) is 0 Å². The molecule has 3 nitrogen and oxygen atoms in total. The first kappa shape index (κ1) is 13.4. The highest BCUT2D eigenvalue weighted by Gasteiger charge is 2.47. The van der Waals surface area contributed by atoms with Gasteiger partial charge in [-0.1, -0.05) is 30.7 Å². The second-order valence-electron chi connectivity index (χ2n) is 6.35. The summed E-state index contributed by atoms with van der Waals surface area (Å²) in [4.78, 5) is 4.31. The average molecular weight is 301 g/mol. The van der Waals surface area contributed by atoms with Gasteiger partial charge in [-0.05, 0) is 31.1 Å². The molecule has 2 aromatic rings. The fraction of sp³-hybridized carbons (Fsp3) is 0.471. The van der Waals surface area contributed by atoms with Crippen LogP contribution in [0.1, 0.15) is 37.7 Å². The zero-order valence-electron chi connectivity index (χ0n) is 11.9. The first-order valence-electron chi connectivity index (χ1n) is 7.62. The van der Waals surface area contributed by atoms with E-state index in [-0.39, 0.29) is 10.5 Å². The van der Waals surface area contributed by atoms with E-state index in [9.17, 15) is 9.32 Å². The zero-order valence-corrected chi connectivity index (χ0v) is 12.7. The third-order valence-electron chi connectivity index (χ3n) is 5.01. The minimum Gasteiger partial charge on any atom is -0.385 e. The summed E-state index contributed by atoms with van der Waals surface area (Å²) in [5.41, 5.74) is 0.0338. The van der Waals surface area contributed by atoms with E-state index in [2.05, 4.69) is 4.98 Å². The predicted molar refractivity (Wildman–Crippen MR) is 84.4 cm³/mol. The lowest BCUT2D eigenvalue weighted by molar-refractivity contribution is 0.00766. The molecule has 0 radical (unpaired) electrons. The molecule has 4 rings (SSSR count). The normalized spacial score (nSPS) is 35.8. The van der Waals surface area contributed by atoms with Gasteiger partial charge in [-0.25, -0.2) is 0 Å². The molecule has 1 N–H and O–H groups in total. The van der Waals surface area contributed by atoms with Crippen LogP contribution in [0.25, 0.3) is 10.8 Å². The Morgan fingerprint density at radius 3 is 2.62 bits per heavy atom. The molecule has 2 saturated heterocycles. The summed E-state index contributed by atoms with van der Waals surface area (Å²) in [5.74, 6) is 0. The fourth-order valence-corrected chi connectivity index (χ4v) is 6.21. The molecule has 21 heavy (non-hydrogen) atoms. The van der Waals surface area contributed by atoms with E-state index >= 15 is 0 Å². The van der Waals surface area contributed by atoms with Crippen LogP contribution < -0.4 is 0 Å². The number of fused-ring (bicyclic) bond motifs is 3. The molecule has 4 heteroatoms. The average Bonchev–Trinajstić information content (AvgIpc) is 2.48. The van der Waals surface area contributed by atoms with E-state index in [0.29, 0.717) is 12.8 Å². The molecule has 1 aromatic carbocycles. The van der Waals surface area contributed by atoms with Crippen LogP contribution in [0.3, 0.4) is 0 Å². The van der Waals surface area contributed by atoms with E-state index in [0.717, 1.165) is 35.6 Å². The number of aliphatic hydroxyl groups is 1. The number of nitrogens with zero attached hydrogens (tertiary/aromatic N) is 1. The van der Waals surface area contributed by atoms with Gasteiger partial charge in [-0.15, -0.1) is 0 Å². The number of pyridine rings is 1. The molecule has 2 atom stereocenters. The Balaban J connectivity index is 1.82. The predicted octanol–water partition coefficient (Wildman–Crippen LogP) is 2.89. The van der Waals surface area contributed by atoms with Crippen molar-refractivity contribution in [1.29, 1.82) is 0 Å². The van der Waals surface area contributed by atoms with Crippen LogP contribution in [0, 0.1) is 0 Å². The molecule has 3 heterocycles. The summed E-state index contributed by atoms with van der Waals surface area (Å²) < 4.78 is 12.4. The third-order valence-corrected chi connectivity index (χ3v) is 7.13.